The minimum absolute atomic E-state index is 0.0289. The van der Waals surface area contributed by atoms with Crippen molar-refractivity contribution in [1.29, 1.82) is 0 Å². The average Bonchev–Trinajstić information content (AvgIpc) is 2.86. The molecule has 0 bridgehead atoms. The van der Waals surface area contributed by atoms with Gasteiger partial charge in [-0.2, -0.15) is 4.72 Å². The molecule has 0 aliphatic carbocycles. The maximum absolute atomic E-state index is 12.7. The molecule has 2 heterocycles. The van der Waals surface area contributed by atoms with Crippen molar-refractivity contribution in [3.8, 4) is 11.5 Å². The van der Waals surface area contributed by atoms with E-state index in [0.717, 1.165) is 6.42 Å². The van der Waals surface area contributed by atoms with Crippen LogP contribution in [0, 0.1) is 0 Å². The van der Waals surface area contributed by atoms with Crippen LogP contribution in [0.15, 0.2) is 23.1 Å². The van der Waals surface area contributed by atoms with Gasteiger partial charge in [0.05, 0.1) is 24.2 Å². The van der Waals surface area contributed by atoms with Crippen LogP contribution in [0.4, 0.5) is 0 Å². The largest absolute Gasteiger partial charge is 0.490 e. The predicted octanol–water partition coefficient (Wildman–Crippen LogP) is 0.335. The summed E-state index contributed by atoms with van der Waals surface area (Å²) in [6.45, 7) is 6.49. The number of benzene rings is 1. The summed E-state index contributed by atoms with van der Waals surface area (Å²) < 4.78 is 38.9. The molecule has 144 valence electrons. The number of sulfonamides is 1. The number of nitrogens with one attached hydrogen (secondary N) is 2. The number of hydrogen-bond donors (Lipinski definition) is 2. The monoisotopic (exact) mass is 383 g/mol. The second kappa shape index (κ2) is 7.81. The van der Waals surface area contributed by atoms with Crippen molar-refractivity contribution in [2.45, 2.75) is 37.2 Å². The SMILES string of the molecule is CC(NS(=O)(=O)c1ccc2c(c1)OCCCO2)C(=O)N1CCNCC1C. The van der Waals surface area contributed by atoms with Crippen LogP contribution in [0.5, 0.6) is 11.5 Å². The number of piperazine rings is 1. The van der Waals surface area contributed by atoms with Crippen LogP contribution in [-0.2, 0) is 14.8 Å². The van der Waals surface area contributed by atoms with Gasteiger partial charge in [-0.15, -0.1) is 0 Å². The average molecular weight is 383 g/mol. The van der Waals surface area contributed by atoms with E-state index < -0.39 is 16.1 Å². The number of nitrogens with zero attached hydrogens (tertiary/aromatic N) is 1. The first-order chi connectivity index (χ1) is 12.4. The smallest absolute Gasteiger partial charge is 0.241 e. The molecule has 8 nitrogen and oxygen atoms in total. The van der Waals surface area contributed by atoms with Gasteiger partial charge in [0.15, 0.2) is 11.5 Å². The van der Waals surface area contributed by atoms with E-state index in [1.54, 1.807) is 17.9 Å². The van der Waals surface area contributed by atoms with Crippen molar-refractivity contribution in [3.63, 3.8) is 0 Å². The third kappa shape index (κ3) is 4.11. The molecule has 0 spiro atoms. The molecular formula is C17H25N3O5S. The van der Waals surface area contributed by atoms with E-state index in [4.69, 9.17) is 9.47 Å². The Kier molecular flexibility index (Phi) is 5.69. The summed E-state index contributed by atoms with van der Waals surface area (Å²) in [5, 5.41) is 3.21. The highest BCUT2D eigenvalue weighted by molar-refractivity contribution is 7.89. The first-order valence-corrected chi connectivity index (χ1v) is 10.3. The molecule has 26 heavy (non-hydrogen) atoms. The zero-order valence-electron chi connectivity index (χ0n) is 15.0. The standard InChI is InChI=1S/C17H25N3O5S/c1-12-11-18-6-7-20(12)17(21)13(2)19-26(22,23)14-4-5-15-16(10-14)25-9-3-8-24-15/h4-5,10,12-13,18-19H,3,6-9,11H2,1-2H3. The summed E-state index contributed by atoms with van der Waals surface area (Å²) in [5.41, 5.74) is 0. The molecule has 1 fully saturated rings. The third-order valence-electron chi connectivity index (χ3n) is 4.52. The van der Waals surface area contributed by atoms with Gasteiger partial charge in [0.2, 0.25) is 15.9 Å². The lowest BCUT2D eigenvalue weighted by atomic mass is 10.2. The van der Waals surface area contributed by atoms with Crippen molar-refractivity contribution >= 4 is 15.9 Å². The predicted molar refractivity (Wildman–Crippen MR) is 95.9 cm³/mol. The highest BCUT2D eigenvalue weighted by Crippen LogP contribution is 2.31. The molecule has 3 rings (SSSR count). The van der Waals surface area contributed by atoms with E-state index in [2.05, 4.69) is 10.0 Å². The Hall–Kier alpha value is -1.84. The number of carbonyl (C=O) groups excluding carboxylic acids is 1. The molecule has 1 saturated heterocycles. The van der Waals surface area contributed by atoms with Gasteiger partial charge in [0.25, 0.3) is 0 Å². The zero-order valence-corrected chi connectivity index (χ0v) is 15.8. The fraction of sp³-hybridized carbons (Fsp3) is 0.588. The second-order valence-electron chi connectivity index (χ2n) is 6.59. The topological polar surface area (TPSA) is 97.0 Å². The van der Waals surface area contributed by atoms with Gasteiger partial charge in [-0.1, -0.05) is 0 Å². The van der Waals surface area contributed by atoms with Crippen molar-refractivity contribution in [3.05, 3.63) is 18.2 Å². The molecule has 9 heteroatoms. The second-order valence-corrected chi connectivity index (χ2v) is 8.30. The summed E-state index contributed by atoms with van der Waals surface area (Å²) in [7, 11) is -3.85. The van der Waals surface area contributed by atoms with E-state index in [1.807, 2.05) is 6.92 Å². The summed E-state index contributed by atoms with van der Waals surface area (Å²) in [4.78, 5) is 14.4. The van der Waals surface area contributed by atoms with Crippen molar-refractivity contribution in [1.82, 2.24) is 14.9 Å². The van der Waals surface area contributed by atoms with Crippen molar-refractivity contribution in [2.24, 2.45) is 0 Å². The molecule has 0 aromatic heterocycles. The number of rotatable bonds is 4. The van der Waals surface area contributed by atoms with Gasteiger partial charge in [-0.25, -0.2) is 8.42 Å². The number of hydrogen-bond acceptors (Lipinski definition) is 6. The maximum Gasteiger partial charge on any atom is 0.241 e. The van der Waals surface area contributed by atoms with Crippen LogP contribution >= 0.6 is 0 Å². The Morgan fingerprint density at radius 3 is 2.77 bits per heavy atom. The fourth-order valence-electron chi connectivity index (χ4n) is 3.08. The lowest BCUT2D eigenvalue weighted by Crippen LogP contribution is -2.57. The van der Waals surface area contributed by atoms with Gasteiger partial charge < -0.3 is 19.7 Å². The third-order valence-corrected chi connectivity index (χ3v) is 6.05. The van der Waals surface area contributed by atoms with Crippen molar-refractivity contribution in [2.75, 3.05) is 32.8 Å². The van der Waals surface area contributed by atoms with Gasteiger partial charge in [-0.3, -0.25) is 4.79 Å². The van der Waals surface area contributed by atoms with E-state index in [-0.39, 0.29) is 16.8 Å². The highest BCUT2D eigenvalue weighted by Gasteiger charge is 2.30. The molecule has 0 radical (unpaired) electrons. The Bertz CT molecular complexity index is 768. The molecule has 2 N–H and O–H groups in total. The number of fused-ring (bicyclic) bond motifs is 1. The van der Waals surface area contributed by atoms with Crippen molar-refractivity contribution < 1.29 is 22.7 Å². The van der Waals surface area contributed by atoms with Crippen LogP contribution in [0.1, 0.15) is 20.3 Å². The molecule has 2 aliphatic heterocycles. The first-order valence-electron chi connectivity index (χ1n) is 8.81. The summed E-state index contributed by atoms with van der Waals surface area (Å²) in [6, 6.07) is 3.66. The molecule has 1 aromatic carbocycles. The van der Waals surface area contributed by atoms with Gasteiger partial charge >= 0.3 is 0 Å². The van der Waals surface area contributed by atoms with E-state index >= 15 is 0 Å². The van der Waals surface area contributed by atoms with Crippen LogP contribution < -0.4 is 19.5 Å². The van der Waals surface area contributed by atoms with E-state index in [0.29, 0.717) is 44.3 Å². The fourth-order valence-corrected chi connectivity index (χ4v) is 4.29. The zero-order chi connectivity index (χ0) is 18.7. The number of ether oxygens (including phenoxy) is 2. The first kappa shape index (κ1) is 18.9. The summed E-state index contributed by atoms with van der Waals surface area (Å²) in [5.74, 6) is 0.706. The van der Waals surface area contributed by atoms with Crippen LogP contribution in [0.25, 0.3) is 0 Å². The van der Waals surface area contributed by atoms with Gasteiger partial charge in [0.1, 0.15) is 0 Å². The summed E-state index contributed by atoms with van der Waals surface area (Å²) >= 11 is 0. The number of amides is 1. The van der Waals surface area contributed by atoms with E-state index in [1.165, 1.54) is 12.1 Å². The molecule has 1 aromatic rings. The maximum atomic E-state index is 12.7. The van der Waals surface area contributed by atoms with Crippen LogP contribution in [-0.4, -0.2) is 64.2 Å². The molecule has 2 unspecified atom stereocenters. The lowest BCUT2D eigenvalue weighted by molar-refractivity contribution is -0.135. The quantitative estimate of drug-likeness (QED) is 0.778. The minimum atomic E-state index is -3.85. The van der Waals surface area contributed by atoms with Crippen LogP contribution in [0.2, 0.25) is 0 Å². The summed E-state index contributed by atoms with van der Waals surface area (Å²) in [6.07, 6.45) is 0.740. The van der Waals surface area contributed by atoms with Gasteiger partial charge in [0, 0.05) is 38.2 Å². The Labute approximate surface area is 153 Å². The normalized spacial score (nSPS) is 21.8. The molecule has 2 atom stereocenters. The van der Waals surface area contributed by atoms with Gasteiger partial charge in [-0.05, 0) is 26.0 Å². The highest BCUT2D eigenvalue weighted by atomic mass is 32.2. The Morgan fingerprint density at radius 1 is 1.31 bits per heavy atom. The van der Waals surface area contributed by atoms with E-state index in [9.17, 15) is 13.2 Å². The molecule has 2 aliphatic rings. The minimum Gasteiger partial charge on any atom is -0.490 e. The molecule has 0 saturated carbocycles. The lowest BCUT2D eigenvalue weighted by Gasteiger charge is -2.35. The molecular weight excluding hydrogens is 358 g/mol. The number of carbonyl (C=O) groups is 1. The van der Waals surface area contributed by atoms with Crippen LogP contribution in [0.3, 0.4) is 0 Å². The Morgan fingerprint density at radius 2 is 2.04 bits per heavy atom. The molecule has 1 amide bonds. The Balaban J connectivity index is 1.74.